The zero-order valence-electron chi connectivity index (χ0n) is 9.63. The SMILES string of the molecule is NCCCNC(=O)CCC1CCCCC1. The fraction of sp³-hybridized carbons (Fsp3) is 0.917. The molecule has 0 bridgehead atoms. The predicted molar refractivity (Wildman–Crippen MR) is 62.5 cm³/mol. The van der Waals surface area contributed by atoms with Gasteiger partial charge in [0.25, 0.3) is 0 Å². The molecule has 3 nitrogen and oxygen atoms in total. The van der Waals surface area contributed by atoms with E-state index in [9.17, 15) is 4.79 Å². The van der Waals surface area contributed by atoms with Gasteiger partial charge in [-0.1, -0.05) is 32.1 Å². The van der Waals surface area contributed by atoms with E-state index < -0.39 is 0 Å². The van der Waals surface area contributed by atoms with Crippen molar-refractivity contribution in [3.63, 3.8) is 0 Å². The highest BCUT2D eigenvalue weighted by Crippen LogP contribution is 2.26. The first-order chi connectivity index (χ1) is 7.33. The summed E-state index contributed by atoms with van der Waals surface area (Å²) in [7, 11) is 0. The van der Waals surface area contributed by atoms with Gasteiger partial charge in [-0.05, 0) is 25.3 Å². The van der Waals surface area contributed by atoms with Gasteiger partial charge in [0, 0.05) is 13.0 Å². The van der Waals surface area contributed by atoms with Gasteiger partial charge in [-0.3, -0.25) is 4.79 Å². The van der Waals surface area contributed by atoms with E-state index in [4.69, 9.17) is 5.73 Å². The van der Waals surface area contributed by atoms with Crippen LogP contribution in [0.2, 0.25) is 0 Å². The van der Waals surface area contributed by atoms with Crippen LogP contribution >= 0.6 is 0 Å². The van der Waals surface area contributed by atoms with Crippen molar-refractivity contribution < 1.29 is 4.79 Å². The molecule has 0 saturated heterocycles. The van der Waals surface area contributed by atoms with E-state index in [0.29, 0.717) is 13.0 Å². The van der Waals surface area contributed by atoms with Gasteiger partial charge in [0.2, 0.25) is 5.91 Å². The first-order valence-corrected chi connectivity index (χ1v) is 6.29. The molecule has 0 aliphatic heterocycles. The number of hydrogen-bond acceptors (Lipinski definition) is 2. The summed E-state index contributed by atoms with van der Waals surface area (Å²) in [4.78, 5) is 11.4. The van der Waals surface area contributed by atoms with Crippen LogP contribution in [0.5, 0.6) is 0 Å². The third-order valence-corrected chi connectivity index (χ3v) is 3.21. The lowest BCUT2D eigenvalue weighted by atomic mass is 9.86. The minimum atomic E-state index is 0.203. The first kappa shape index (κ1) is 12.5. The van der Waals surface area contributed by atoms with Crippen molar-refractivity contribution in [2.75, 3.05) is 13.1 Å². The summed E-state index contributed by atoms with van der Waals surface area (Å²) in [5.74, 6) is 1.01. The van der Waals surface area contributed by atoms with E-state index in [-0.39, 0.29) is 5.91 Å². The minimum absolute atomic E-state index is 0.203. The molecular weight excluding hydrogens is 188 g/mol. The Morgan fingerprint density at radius 1 is 1.27 bits per heavy atom. The highest BCUT2D eigenvalue weighted by atomic mass is 16.1. The summed E-state index contributed by atoms with van der Waals surface area (Å²) in [6.45, 7) is 1.39. The van der Waals surface area contributed by atoms with E-state index in [2.05, 4.69) is 5.32 Å². The number of carbonyl (C=O) groups is 1. The maximum atomic E-state index is 11.4. The standard InChI is InChI=1S/C12H24N2O/c13-9-4-10-14-12(15)8-7-11-5-2-1-3-6-11/h11H,1-10,13H2,(H,14,15). The summed E-state index contributed by atoms with van der Waals surface area (Å²) in [6.07, 6.45) is 9.43. The Labute approximate surface area is 92.8 Å². The Kier molecular flexibility index (Phi) is 6.41. The highest BCUT2D eigenvalue weighted by molar-refractivity contribution is 5.75. The second-order valence-corrected chi connectivity index (χ2v) is 4.53. The van der Waals surface area contributed by atoms with Crippen LogP contribution in [0.1, 0.15) is 51.4 Å². The van der Waals surface area contributed by atoms with E-state index in [1.54, 1.807) is 0 Å². The van der Waals surface area contributed by atoms with Crippen LogP contribution in [0, 0.1) is 5.92 Å². The van der Waals surface area contributed by atoms with E-state index in [1.807, 2.05) is 0 Å². The quantitative estimate of drug-likeness (QED) is 0.660. The number of nitrogens with one attached hydrogen (secondary N) is 1. The van der Waals surface area contributed by atoms with Gasteiger partial charge < -0.3 is 11.1 Å². The summed E-state index contributed by atoms with van der Waals surface area (Å²) < 4.78 is 0. The van der Waals surface area contributed by atoms with Crippen LogP contribution in [0.3, 0.4) is 0 Å². The van der Waals surface area contributed by atoms with Crippen LogP contribution in [-0.4, -0.2) is 19.0 Å². The zero-order chi connectivity index (χ0) is 10.9. The topological polar surface area (TPSA) is 55.1 Å². The summed E-state index contributed by atoms with van der Waals surface area (Å²) in [5.41, 5.74) is 5.35. The van der Waals surface area contributed by atoms with Gasteiger partial charge in [-0.25, -0.2) is 0 Å². The van der Waals surface area contributed by atoms with Crippen LogP contribution in [0.4, 0.5) is 0 Å². The molecule has 15 heavy (non-hydrogen) atoms. The molecule has 1 amide bonds. The lowest BCUT2D eigenvalue weighted by Gasteiger charge is -2.20. The maximum absolute atomic E-state index is 11.4. The first-order valence-electron chi connectivity index (χ1n) is 6.29. The molecule has 0 aromatic rings. The second-order valence-electron chi connectivity index (χ2n) is 4.53. The molecule has 0 heterocycles. The van der Waals surface area contributed by atoms with E-state index in [0.717, 1.165) is 25.3 Å². The number of rotatable bonds is 6. The lowest BCUT2D eigenvalue weighted by Crippen LogP contribution is -2.26. The molecule has 1 aliphatic rings. The minimum Gasteiger partial charge on any atom is -0.356 e. The van der Waals surface area contributed by atoms with Crippen molar-refractivity contribution >= 4 is 5.91 Å². The molecule has 0 aromatic carbocycles. The largest absolute Gasteiger partial charge is 0.356 e. The Balaban J connectivity index is 2.00. The smallest absolute Gasteiger partial charge is 0.220 e. The summed E-state index contributed by atoms with van der Waals surface area (Å²) in [5, 5.41) is 2.90. The third kappa shape index (κ3) is 5.78. The Bertz CT molecular complexity index is 176. The second kappa shape index (κ2) is 7.69. The van der Waals surface area contributed by atoms with Crippen molar-refractivity contribution in [2.45, 2.75) is 51.4 Å². The molecule has 0 aromatic heterocycles. The normalized spacial score (nSPS) is 17.7. The van der Waals surface area contributed by atoms with Gasteiger partial charge in [0.1, 0.15) is 0 Å². The third-order valence-electron chi connectivity index (χ3n) is 3.21. The van der Waals surface area contributed by atoms with Crippen LogP contribution < -0.4 is 11.1 Å². The van der Waals surface area contributed by atoms with Crippen LogP contribution in [-0.2, 0) is 4.79 Å². The van der Waals surface area contributed by atoms with Gasteiger partial charge in [-0.2, -0.15) is 0 Å². The fourth-order valence-corrected chi connectivity index (χ4v) is 2.23. The predicted octanol–water partition coefficient (Wildman–Crippen LogP) is 1.81. The van der Waals surface area contributed by atoms with Gasteiger partial charge in [0.05, 0.1) is 0 Å². The average Bonchev–Trinajstić information content (AvgIpc) is 2.28. The maximum Gasteiger partial charge on any atom is 0.220 e. The molecule has 1 fully saturated rings. The molecule has 0 atom stereocenters. The highest BCUT2D eigenvalue weighted by Gasteiger charge is 2.14. The van der Waals surface area contributed by atoms with Crippen molar-refractivity contribution in [3.8, 4) is 0 Å². The Hall–Kier alpha value is -0.570. The molecular formula is C12H24N2O. The average molecular weight is 212 g/mol. The number of nitrogens with two attached hydrogens (primary N) is 1. The number of carbonyl (C=O) groups excluding carboxylic acids is 1. The van der Waals surface area contributed by atoms with Crippen LogP contribution in [0.15, 0.2) is 0 Å². The monoisotopic (exact) mass is 212 g/mol. The molecule has 3 heteroatoms. The summed E-state index contributed by atoms with van der Waals surface area (Å²) in [6, 6.07) is 0. The molecule has 0 radical (unpaired) electrons. The van der Waals surface area contributed by atoms with E-state index >= 15 is 0 Å². The fourth-order valence-electron chi connectivity index (χ4n) is 2.23. The van der Waals surface area contributed by atoms with Crippen LogP contribution in [0.25, 0.3) is 0 Å². The van der Waals surface area contributed by atoms with Gasteiger partial charge in [0.15, 0.2) is 0 Å². The molecule has 1 rings (SSSR count). The molecule has 0 spiro atoms. The lowest BCUT2D eigenvalue weighted by molar-refractivity contribution is -0.121. The van der Waals surface area contributed by atoms with Gasteiger partial charge >= 0.3 is 0 Å². The van der Waals surface area contributed by atoms with E-state index in [1.165, 1.54) is 32.1 Å². The molecule has 1 aliphatic carbocycles. The molecule has 88 valence electrons. The summed E-state index contributed by atoms with van der Waals surface area (Å²) >= 11 is 0. The Morgan fingerprint density at radius 3 is 2.67 bits per heavy atom. The van der Waals surface area contributed by atoms with Gasteiger partial charge in [-0.15, -0.1) is 0 Å². The molecule has 0 unspecified atom stereocenters. The van der Waals surface area contributed by atoms with Crippen molar-refractivity contribution in [1.29, 1.82) is 0 Å². The molecule has 1 saturated carbocycles. The van der Waals surface area contributed by atoms with Crippen molar-refractivity contribution in [3.05, 3.63) is 0 Å². The van der Waals surface area contributed by atoms with Crippen molar-refractivity contribution in [2.24, 2.45) is 11.7 Å². The number of hydrogen-bond donors (Lipinski definition) is 2. The molecule has 3 N–H and O–H groups in total. The Morgan fingerprint density at radius 2 is 2.00 bits per heavy atom. The van der Waals surface area contributed by atoms with Crippen molar-refractivity contribution in [1.82, 2.24) is 5.32 Å². The zero-order valence-corrected chi connectivity index (χ0v) is 9.63. The number of amides is 1.